The van der Waals surface area contributed by atoms with Crippen molar-refractivity contribution in [2.75, 3.05) is 13.6 Å². The van der Waals surface area contributed by atoms with Gasteiger partial charge < -0.3 is 10.2 Å². The van der Waals surface area contributed by atoms with Crippen LogP contribution in [0.4, 0.5) is 0 Å². The van der Waals surface area contributed by atoms with Crippen LogP contribution in [0, 0.1) is 0 Å². The first-order chi connectivity index (χ1) is 8.68. The first-order valence-corrected chi connectivity index (χ1v) is 6.72. The van der Waals surface area contributed by atoms with Crippen molar-refractivity contribution in [3.8, 4) is 0 Å². The Morgan fingerprint density at radius 2 is 2.06 bits per heavy atom. The topological polar surface area (TPSA) is 32.3 Å². The van der Waals surface area contributed by atoms with Gasteiger partial charge in [0.1, 0.15) is 0 Å². The second kappa shape index (κ2) is 6.01. The average Bonchev–Trinajstić information content (AvgIpc) is 3.22. The summed E-state index contributed by atoms with van der Waals surface area (Å²) in [6.07, 6.45) is 3.12. The number of carbonyl (C=O) groups is 1. The average molecular weight is 246 g/mol. The van der Waals surface area contributed by atoms with Gasteiger partial charge in [0.05, 0.1) is 6.04 Å². The van der Waals surface area contributed by atoms with Crippen LogP contribution in [0.5, 0.6) is 0 Å². The van der Waals surface area contributed by atoms with E-state index in [0.29, 0.717) is 12.5 Å². The molecule has 1 aliphatic rings. The van der Waals surface area contributed by atoms with Crippen molar-refractivity contribution in [2.45, 2.75) is 38.3 Å². The van der Waals surface area contributed by atoms with Crippen molar-refractivity contribution in [2.24, 2.45) is 0 Å². The zero-order valence-electron chi connectivity index (χ0n) is 11.2. The molecule has 1 aromatic rings. The molecule has 18 heavy (non-hydrogen) atoms. The van der Waals surface area contributed by atoms with E-state index in [9.17, 15) is 4.79 Å². The van der Waals surface area contributed by atoms with Crippen molar-refractivity contribution in [1.29, 1.82) is 0 Å². The lowest BCUT2D eigenvalue weighted by atomic mass is 10.1. The standard InChI is InChI=1S/C15H22N2O/c1-12(13-6-4-3-5-7-13)17(2)15(18)10-11-16-14-8-9-14/h3-7,12,14,16H,8-11H2,1-2H3. The molecule has 1 atom stereocenters. The van der Waals surface area contributed by atoms with E-state index < -0.39 is 0 Å². The summed E-state index contributed by atoms with van der Waals surface area (Å²) in [5, 5.41) is 3.37. The van der Waals surface area contributed by atoms with E-state index in [2.05, 4.69) is 24.4 Å². The summed E-state index contributed by atoms with van der Waals surface area (Å²) in [5.41, 5.74) is 1.18. The fraction of sp³-hybridized carbons (Fsp3) is 0.533. The molecule has 0 radical (unpaired) electrons. The van der Waals surface area contributed by atoms with Gasteiger partial charge in [-0.1, -0.05) is 30.3 Å². The van der Waals surface area contributed by atoms with E-state index in [-0.39, 0.29) is 11.9 Å². The molecule has 1 amide bonds. The molecule has 2 rings (SSSR count). The molecule has 0 heterocycles. The molecule has 3 nitrogen and oxygen atoms in total. The van der Waals surface area contributed by atoms with Gasteiger partial charge in [0.2, 0.25) is 5.91 Å². The number of carbonyl (C=O) groups excluding carboxylic acids is 1. The van der Waals surface area contributed by atoms with Gasteiger partial charge in [-0.2, -0.15) is 0 Å². The predicted octanol–water partition coefficient (Wildman–Crippen LogP) is 2.35. The lowest BCUT2D eigenvalue weighted by molar-refractivity contribution is -0.131. The van der Waals surface area contributed by atoms with Gasteiger partial charge in [-0.3, -0.25) is 4.79 Å². The maximum atomic E-state index is 12.0. The van der Waals surface area contributed by atoms with Crippen molar-refractivity contribution in [3.05, 3.63) is 35.9 Å². The van der Waals surface area contributed by atoms with Crippen LogP contribution in [-0.2, 0) is 4.79 Å². The third-order valence-electron chi connectivity index (χ3n) is 3.61. The van der Waals surface area contributed by atoms with Gasteiger partial charge in [0.15, 0.2) is 0 Å². The van der Waals surface area contributed by atoms with Crippen LogP contribution in [0.3, 0.4) is 0 Å². The minimum absolute atomic E-state index is 0.139. The number of benzene rings is 1. The molecule has 1 saturated carbocycles. The molecule has 98 valence electrons. The summed E-state index contributed by atoms with van der Waals surface area (Å²) in [6, 6.07) is 11.0. The van der Waals surface area contributed by atoms with Crippen molar-refractivity contribution < 1.29 is 4.79 Å². The molecular formula is C15H22N2O. The maximum absolute atomic E-state index is 12.0. The highest BCUT2D eigenvalue weighted by Gasteiger charge is 2.21. The Morgan fingerprint density at radius 1 is 1.39 bits per heavy atom. The molecule has 1 fully saturated rings. The Morgan fingerprint density at radius 3 is 2.67 bits per heavy atom. The summed E-state index contributed by atoms with van der Waals surface area (Å²) in [7, 11) is 1.89. The summed E-state index contributed by atoms with van der Waals surface area (Å²) >= 11 is 0. The fourth-order valence-electron chi connectivity index (χ4n) is 2.02. The number of nitrogens with zero attached hydrogens (tertiary/aromatic N) is 1. The van der Waals surface area contributed by atoms with Crippen LogP contribution in [0.1, 0.15) is 37.8 Å². The van der Waals surface area contributed by atoms with Gasteiger partial charge in [-0.25, -0.2) is 0 Å². The normalized spacial score (nSPS) is 16.3. The Kier molecular flexibility index (Phi) is 4.37. The molecule has 0 saturated heterocycles. The van der Waals surface area contributed by atoms with E-state index in [1.165, 1.54) is 18.4 Å². The maximum Gasteiger partial charge on any atom is 0.224 e. The molecule has 0 spiro atoms. The highest BCUT2D eigenvalue weighted by molar-refractivity contribution is 5.76. The minimum atomic E-state index is 0.139. The summed E-state index contributed by atoms with van der Waals surface area (Å²) in [5.74, 6) is 0.208. The number of amides is 1. The highest BCUT2D eigenvalue weighted by atomic mass is 16.2. The second-order valence-electron chi connectivity index (χ2n) is 5.07. The Balaban J connectivity index is 1.81. The third-order valence-corrected chi connectivity index (χ3v) is 3.61. The van der Waals surface area contributed by atoms with Crippen LogP contribution in [0.25, 0.3) is 0 Å². The lowest BCUT2D eigenvalue weighted by Crippen LogP contribution is -2.32. The van der Waals surface area contributed by atoms with Crippen molar-refractivity contribution >= 4 is 5.91 Å². The lowest BCUT2D eigenvalue weighted by Gasteiger charge is -2.25. The number of nitrogens with one attached hydrogen (secondary N) is 1. The first-order valence-electron chi connectivity index (χ1n) is 6.72. The van der Waals surface area contributed by atoms with Crippen LogP contribution in [0.15, 0.2) is 30.3 Å². The largest absolute Gasteiger partial charge is 0.339 e. The van der Waals surface area contributed by atoms with Gasteiger partial charge in [0, 0.05) is 26.1 Å². The molecule has 0 aliphatic heterocycles. The van der Waals surface area contributed by atoms with Crippen molar-refractivity contribution in [1.82, 2.24) is 10.2 Å². The van der Waals surface area contributed by atoms with E-state index in [1.807, 2.05) is 30.1 Å². The molecule has 3 heteroatoms. The Hall–Kier alpha value is -1.35. The number of rotatable bonds is 6. The van der Waals surface area contributed by atoms with Gasteiger partial charge in [0.25, 0.3) is 0 Å². The van der Waals surface area contributed by atoms with E-state index in [0.717, 1.165) is 6.54 Å². The first kappa shape index (κ1) is 13.1. The molecule has 1 N–H and O–H groups in total. The fourth-order valence-corrected chi connectivity index (χ4v) is 2.02. The Labute approximate surface area is 109 Å². The molecule has 0 bridgehead atoms. The number of hydrogen-bond acceptors (Lipinski definition) is 2. The monoisotopic (exact) mass is 246 g/mol. The van der Waals surface area contributed by atoms with Crippen molar-refractivity contribution in [3.63, 3.8) is 0 Å². The smallest absolute Gasteiger partial charge is 0.224 e. The minimum Gasteiger partial charge on any atom is -0.339 e. The van der Waals surface area contributed by atoms with Gasteiger partial charge in [-0.05, 0) is 25.3 Å². The summed E-state index contributed by atoms with van der Waals surface area (Å²) < 4.78 is 0. The quantitative estimate of drug-likeness (QED) is 0.835. The van der Waals surface area contributed by atoms with Gasteiger partial charge >= 0.3 is 0 Å². The predicted molar refractivity (Wildman–Crippen MR) is 73.3 cm³/mol. The molecule has 1 aliphatic carbocycles. The highest BCUT2D eigenvalue weighted by Crippen LogP contribution is 2.20. The third kappa shape index (κ3) is 3.57. The molecule has 1 aromatic carbocycles. The summed E-state index contributed by atoms with van der Waals surface area (Å²) in [6.45, 7) is 2.87. The van der Waals surface area contributed by atoms with E-state index in [1.54, 1.807) is 0 Å². The zero-order chi connectivity index (χ0) is 13.0. The van der Waals surface area contributed by atoms with E-state index >= 15 is 0 Å². The number of hydrogen-bond donors (Lipinski definition) is 1. The van der Waals surface area contributed by atoms with Crippen LogP contribution in [0.2, 0.25) is 0 Å². The SMILES string of the molecule is CC(c1ccccc1)N(C)C(=O)CCNC1CC1. The Bertz CT molecular complexity index is 387. The molecular weight excluding hydrogens is 224 g/mol. The van der Waals surface area contributed by atoms with Crippen LogP contribution < -0.4 is 5.32 Å². The summed E-state index contributed by atoms with van der Waals surface area (Å²) in [4.78, 5) is 13.9. The van der Waals surface area contributed by atoms with Crippen LogP contribution >= 0.6 is 0 Å². The van der Waals surface area contributed by atoms with E-state index in [4.69, 9.17) is 0 Å². The van der Waals surface area contributed by atoms with Crippen LogP contribution in [-0.4, -0.2) is 30.4 Å². The molecule has 1 unspecified atom stereocenters. The second-order valence-corrected chi connectivity index (χ2v) is 5.07. The molecule has 0 aromatic heterocycles. The van der Waals surface area contributed by atoms with Gasteiger partial charge in [-0.15, -0.1) is 0 Å². The zero-order valence-corrected chi connectivity index (χ0v) is 11.2.